The van der Waals surface area contributed by atoms with E-state index in [1.807, 2.05) is 13.1 Å². The number of aromatic nitrogens is 1. The second kappa shape index (κ2) is 9.73. The summed E-state index contributed by atoms with van der Waals surface area (Å²) in [4.78, 5) is 22.5. The number of carbonyl (C=O) groups is 1. The molecule has 2 aromatic carbocycles. The molecule has 1 aliphatic rings. The fourth-order valence-corrected chi connectivity index (χ4v) is 5.55. The van der Waals surface area contributed by atoms with Crippen LogP contribution in [0.4, 0.5) is 11.4 Å². The molecule has 0 spiro atoms. The van der Waals surface area contributed by atoms with Gasteiger partial charge in [0.25, 0.3) is 0 Å². The van der Waals surface area contributed by atoms with Crippen LogP contribution >= 0.6 is 0 Å². The molecule has 1 aromatic heterocycles. The van der Waals surface area contributed by atoms with Crippen molar-refractivity contribution in [2.75, 3.05) is 36.0 Å². The molecule has 0 bridgehead atoms. The fraction of sp³-hybridized carbons (Fsp3) is 0.400. The van der Waals surface area contributed by atoms with Gasteiger partial charge in [-0.2, -0.15) is 0 Å². The van der Waals surface area contributed by atoms with E-state index in [1.54, 1.807) is 6.20 Å². The van der Waals surface area contributed by atoms with Crippen LogP contribution in [0.5, 0.6) is 0 Å². The average molecular weight is 472 g/mol. The summed E-state index contributed by atoms with van der Waals surface area (Å²) in [7, 11) is 0. The average Bonchev–Trinajstić information content (AvgIpc) is 3.14. The number of pyridine rings is 1. The molecule has 0 unspecified atom stereocenters. The Bertz CT molecular complexity index is 1180. The number of carbonyl (C=O) groups excluding carboxylic acids is 1. The van der Waals surface area contributed by atoms with Crippen LogP contribution in [0.1, 0.15) is 71.4 Å². The first kappa shape index (κ1) is 24.8. The topological polar surface area (TPSA) is 45.7 Å². The number of fused-ring (bicyclic) bond motifs is 1. The number of hydrogen-bond acceptors (Lipinski definition) is 5. The van der Waals surface area contributed by atoms with Gasteiger partial charge in [-0.25, -0.2) is 4.79 Å². The van der Waals surface area contributed by atoms with Crippen LogP contribution < -0.4 is 9.80 Å². The lowest BCUT2D eigenvalue weighted by atomic mass is 9.76. The molecular formula is C30H37N3O2. The summed E-state index contributed by atoms with van der Waals surface area (Å²) in [6.45, 7) is 18.6. The standard InChI is InChI=1S/C30H37N3O2/c1-8-32(9-2)23-12-14-25(20(5)16-23)30(27-19-31-18-22(7)28(27)29(34)35-30)26-15-13-24(17-21(26)6)33(10-3)11-4/h12-19H,8-11H2,1-7H3. The lowest BCUT2D eigenvalue weighted by Gasteiger charge is -2.34. The van der Waals surface area contributed by atoms with E-state index in [0.717, 1.165) is 59.6 Å². The molecule has 0 N–H and O–H groups in total. The molecule has 0 saturated heterocycles. The minimum atomic E-state index is -1.04. The third-order valence-electron chi connectivity index (χ3n) is 7.40. The summed E-state index contributed by atoms with van der Waals surface area (Å²) in [5.41, 5.74) is 7.72. The quantitative estimate of drug-likeness (QED) is 0.368. The number of ether oxygens (including phenoxy) is 1. The number of nitrogens with zero attached hydrogens (tertiary/aromatic N) is 3. The van der Waals surface area contributed by atoms with Crippen molar-refractivity contribution in [2.45, 2.75) is 54.1 Å². The van der Waals surface area contributed by atoms with Crippen molar-refractivity contribution in [3.8, 4) is 0 Å². The predicted octanol–water partition coefficient (Wildman–Crippen LogP) is 6.16. The molecule has 35 heavy (non-hydrogen) atoms. The molecule has 5 heteroatoms. The van der Waals surface area contributed by atoms with Crippen LogP contribution in [0.3, 0.4) is 0 Å². The van der Waals surface area contributed by atoms with E-state index in [9.17, 15) is 4.79 Å². The molecule has 1 aliphatic heterocycles. The molecule has 0 radical (unpaired) electrons. The van der Waals surface area contributed by atoms with Crippen molar-refractivity contribution in [3.63, 3.8) is 0 Å². The van der Waals surface area contributed by atoms with Crippen molar-refractivity contribution >= 4 is 17.3 Å². The zero-order valence-corrected chi connectivity index (χ0v) is 22.1. The summed E-state index contributed by atoms with van der Waals surface area (Å²) in [5.74, 6) is -0.292. The summed E-state index contributed by atoms with van der Waals surface area (Å²) in [5, 5.41) is 0. The maximum absolute atomic E-state index is 13.3. The molecule has 5 nitrogen and oxygen atoms in total. The van der Waals surface area contributed by atoms with E-state index in [-0.39, 0.29) is 5.97 Å². The van der Waals surface area contributed by atoms with E-state index in [0.29, 0.717) is 5.56 Å². The van der Waals surface area contributed by atoms with E-state index < -0.39 is 5.60 Å². The van der Waals surface area contributed by atoms with Gasteiger partial charge in [0.1, 0.15) is 0 Å². The van der Waals surface area contributed by atoms with Gasteiger partial charge in [0.05, 0.1) is 5.56 Å². The zero-order valence-electron chi connectivity index (χ0n) is 22.1. The van der Waals surface area contributed by atoms with Crippen LogP contribution in [-0.4, -0.2) is 37.1 Å². The summed E-state index contributed by atoms with van der Waals surface area (Å²) in [6, 6.07) is 13.0. The molecular weight excluding hydrogens is 434 g/mol. The number of rotatable bonds is 8. The van der Waals surface area contributed by atoms with Gasteiger partial charge in [-0.05, 0) is 89.4 Å². The summed E-state index contributed by atoms with van der Waals surface area (Å²) >= 11 is 0. The molecule has 0 amide bonds. The summed E-state index contributed by atoms with van der Waals surface area (Å²) < 4.78 is 6.43. The normalized spacial score (nSPS) is 14.0. The SMILES string of the molecule is CCN(CC)c1ccc(C2(c3ccc(N(CC)CC)cc3C)OC(=O)c3c(C)cncc32)c(C)c1. The molecule has 3 aromatic rings. The first-order valence-corrected chi connectivity index (χ1v) is 12.7. The van der Waals surface area contributed by atoms with E-state index in [4.69, 9.17) is 4.74 Å². The van der Waals surface area contributed by atoms with E-state index in [2.05, 4.69) is 92.7 Å². The predicted molar refractivity (Wildman–Crippen MR) is 144 cm³/mol. The van der Waals surface area contributed by atoms with Crippen molar-refractivity contribution in [1.82, 2.24) is 4.98 Å². The Labute approximate surface area is 209 Å². The van der Waals surface area contributed by atoms with Gasteiger partial charge < -0.3 is 14.5 Å². The molecule has 0 saturated carbocycles. The number of aryl methyl sites for hydroxylation is 3. The minimum absolute atomic E-state index is 0.292. The Kier molecular flexibility index (Phi) is 6.88. The Morgan fingerprint density at radius 1 is 0.714 bits per heavy atom. The molecule has 0 fully saturated rings. The van der Waals surface area contributed by atoms with Gasteiger partial charge in [-0.3, -0.25) is 4.98 Å². The van der Waals surface area contributed by atoms with Crippen LogP contribution in [0.2, 0.25) is 0 Å². The summed E-state index contributed by atoms with van der Waals surface area (Å²) in [6.07, 6.45) is 3.55. The highest BCUT2D eigenvalue weighted by atomic mass is 16.6. The van der Waals surface area contributed by atoms with Crippen LogP contribution in [-0.2, 0) is 10.3 Å². The Balaban J connectivity index is 1.99. The molecule has 2 heterocycles. The number of anilines is 2. The Hall–Kier alpha value is -3.34. The third kappa shape index (κ3) is 3.97. The second-order valence-electron chi connectivity index (χ2n) is 9.29. The Morgan fingerprint density at radius 3 is 1.63 bits per heavy atom. The van der Waals surface area contributed by atoms with E-state index >= 15 is 0 Å². The fourth-order valence-electron chi connectivity index (χ4n) is 5.55. The van der Waals surface area contributed by atoms with Crippen molar-refractivity contribution in [1.29, 1.82) is 0 Å². The van der Waals surface area contributed by atoms with Gasteiger partial charge in [0, 0.05) is 66.6 Å². The third-order valence-corrected chi connectivity index (χ3v) is 7.40. The minimum Gasteiger partial charge on any atom is -0.440 e. The van der Waals surface area contributed by atoms with E-state index in [1.165, 1.54) is 11.4 Å². The smallest absolute Gasteiger partial charge is 0.340 e. The van der Waals surface area contributed by atoms with Gasteiger partial charge in [0.2, 0.25) is 0 Å². The van der Waals surface area contributed by atoms with Gasteiger partial charge in [-0.15, -0.1) is 0 Å². The van der Waals surface area contributed by atoms with Crippen molar-refractivity contribution < 1.29 is 9.53 Å². The first-order chi connectivity index (χ1) is 16.8. The monoisotopic (exact) mass is 471 g/mol. The second-order valence-corrected chi connectivity index (χ2v) is 9.29. The molecule has 4 rings (SSSR count). The lowest BCUT2D eigenvalue weighted by molar-refractivity contribution is 0.0248. The highest BCUT2D eigenvalue weighted by molar-refractivity contribution is 5.97. The zero-order chi connectivity index (χ0) is 25.3. The van der Waals surface area contributed by atoms with Crippen LogP contribution in [0.25, 0.3) is 0 Å². The van der Waals surface area contributed by atoms with Gasteiger partial charge in [0.15, 0.2) is 5.60 Å². The number of benzene rings is 2. The highest BCUT2D eigenvalue weighted by Gasteiger charge is 2.51. The van der Waals surface area contributed by atoms with Crippen LogP contribution in [0, 0.1) is 20.8 Å². The molecule has 0 aliphatic carbocycles. The highest BCUT2D eigenvalue weighted by Crippen LogP contribution is 2.50. The first-order valence-electron chi connectivity index (χ1n) is 12.7. The number of hydrogen-bond donors (Lipinski definition) is 0. The number of esters is 1. The van der Waals surface area contributed by atoms with Gasteiger partial charge >= 0.3 is 5.97 Å². The maximum atomic E-state index is 13.3. The molecule has 184 valence electrons. The van der Waals surface area contributed by atoms with Crippen molar-refractivity contribution in [2.24, 2.45) is 0 Å². The lowest BCUT2D eigenvalue weighted by Crippen LogP contribution is -2.32. The number of cyclic esters (lactones) is 1. The van der Waals surface area contributed by atoms with Crippen molar-refractivity contribution in [3.05, 3.63) is 87.7 Å². The maximum Gasteiger partial charge on any atom is 0.340 e. The van der Waals surface area contributed by atoms with Crippen LogP contribution in [0.15, 0.2) is 48.8 Å². The largest absolute Gasteiger partial charge is 0.440 e. The van der Waals surface area contributed by atoms with Gasteiger partial charge in [-0.1, -0.05) is 12.1 Å². The molecule has 0 atom stereocenters. The Morgan fingerprint density at radius 2 is 1.20 bits per heavy atom.